The first-order chi connectivity index (χ1) is 6.89. The zero-order chi connectivity index (χ0) is 13.3. The van der Waals surface area contributed by atoms with Gasteiger partial charge in [0.05, 0.1) is 6.04 Å². The number of carboxylic acids is 1. The van der Waals surface area contributed by atoms with E-state index in [0.717, 1.165) is 0 Å². The fourth-order valence-corrected chi connectivity index (χ4v) is 13.1. The first kappa shape index (κ1) is 15.9. The zero-order valence-corrected chi connectivity index (χ0v) is 14.0. The van der Waals surface area contributed by atoms with Crippen LogP contribution in [0.4, 0.5) is 0 Å². The third kappa shape index (κ3) is 4.03. The molecule has 0 fully saturated rings. The van der Waals surface area contributed by atoms with E-state index in [1.165, 1.54) is 0 Å². The Morgan fingerprint density at radius 1 is 1.00 bits per heavy atom. The van der Waals surface area contributed by atoms with Gasteiger partial charge < -0.3 is 9.34 Å². The Labute approximate surface area is 102 Å². The minimum absolute atomic E-state index is 0.163. The van der Waals surface area contributed by atoms with Crippen molar-refractivity contribution in [2.45, 2.75) is 59.2 Å². The summed E-state index contributed by atoms with van der Waals surface area (Å²) < 4.78 is 2.37. The highest BCUT2D eigenvalue weighted by Gasteiger charge is 2.43. The maximum Gasteiger partial charge on any atom is 0.319 e. The summed E-state index contributed by atoms with van der Waals surface area (Å²) in [5.41, 5.74) is 0. The first-order valence-electron chi connectivity index (χ1n) is 5.91. The molecule has 0 aliphatic rings. The molecule has 0 saturated carbocycles. The summed E-state index contributed by atoms with van der Waals surface area (Å²) in [6.07, 6.45) is 0. The SMILES string of the molecule is CC(C)[C@@H](C(=O)O)N([Si](C)(C)C)[Si](C)(C)C. The molecule has 0 aromatic heterocycles. The van der Waals surface area contributed by atoms with Crippen LogP contribution in [0.25, 0.3) is 0 Å². The fraction of sp³-hybridized carbons (Fsp3) is 0.909. The van der Waals surface area contributed by atoms with Gasteiger partial charge in [-0.1, -0.05) is 53.1 Å². The van der Waals surface area contributed by atoms with Crippen LogP contribution >= 0.6 is 0 Å². The van der Waals surface area contributed by atoms with Crippen LogP contribution in [-0.4, -0.2) is 37.8 Å². The van der Waals surface area contributed by atoms with Gasteiger partial charge in [0.25, 0.3) is 0 Å². The molecule has 0 aliphatic heterocycles. The summed E-state index contributed by atoms with van der Waals surface area (Å²) in [6, 6.07) is -0.321. The summed E-state index contributed by atoms with van der Waals surface area (Å²) in [4.78, 5) is 11.5. The van der Waals surface area contributed by atoms with Crippen molar-refractivity contribution in [3.05, 3.63) is 0 Å². The zero-order valence-electron chi connectivity index (χ0n) is 12.0. The molecule has 1 atom stereocenters. The van der Waals surface area contributed by atoms with Crippen LogP contribution in [0.2, 0.25) is 39.3 Å². The van der Waals surface area contributed by atoms with E-state index in [9.17, 15) is 9.90 Å². The normalized spacial score (nSPS) is 15.6. The largest absolute Gasteiger partial charge is 0.480 e. The number of hydrogen-bond acceptors (Lipinski definition) is 2. The summed E-state index contributed by atoms with van der Waals surface area (Å²) >= 11 is 0. The molecular formula is C11H27NO2Si2. The highest BCUT2D eigenvalue weighted by molar-refractivity contribution is 6.89. The van der Waals surface area contributed by atoms with Crippen molar-refractivity contribution in [1.29, 1.82) is 0 Å². The van der Waals surface area contributed by atoms with E-state index in [1.54, 1.807) is 0 Å². The number of hydrogen-bond donors (Lipinski definition) is 1. The van der Waals surface area contributed by atoms with Crippen molar-refractivity contribution in [1.82, 2.24) is 4.23 Å². The van der Waals surface area contributed by atoms with E-state index >= 15 is 0 Å². The van der Waals surface area contributed by atoms with Gasteiger partial charge in [-0.15, -0.1) is 0 Å². The lowest BCUT2D eigenvalue weighted by atomic mass is 10.1. The van der Waals surface area contributed by atoms with E-state index in [4.69, 9.17) is 0 Å². The summed E-state index contributed by atoms with van der Waals surface area (Å²) in [7, 11) is -3.19. The monoisotopic (exact) mass is 261 g/mol. The number of rotatable bonds is 5. The molecule has 5 heteroatoms. The van der Waals surface area contributed by atoms with E-state index in [0.29, 0.717) is 0 Å². The van der Waals surface area contributed by atoms with Crippen molar-refractivity contribution in [3.8, 4) is 0 Å². The number of carboxylic acid groups (broad SMARTS) is 1. The molecule has 1 N–H and O–H groups in total. The lowest BCUT2D eigenvalue weighted by Crippen LogP contribution is -2.66. The molecule has 0 amide bonds. The predicted octanol–water partition coefficient (Wildman–Crippen LogP) is 3.07. The number of aliphatic carboxylic acids is 1. The van der Waals surface area contributed by atoms with Gasteiger partial charge in [0.1, 0.15) is 16.5 Å². The quantitative estimate of drug-likeness (QED) is 0.773. The van der Waals surface area contributed by atoms with Crippen LogP contribution in [0.15, 0.2) is 0 Å². The van der Waals surface area contributed by atoms with Crippen LogP contribution in [0.1, 0.15) is 13.8 Å². The molecule has 0 spiro atoms. The van der Waals surface area contributed by atoms with Gasteiger partial charge in [0.15, 0.2) is 0 Å². The minimum Gasteiger partial charge on any atom is -0.480 e. The molecule has 0 aromatic rings. The van der Waals surface area contributed by atoms with Gasteiger partial charge in [0, 0.05) is 0 Å². The first-order valence-corrected chi connectivity index (χ1v) is 12.8. The summed E-state index contributed by atoms with van der Waals surface area (Å²) in [6.45, 7) is 17.4. The topological polar surface area (TPSA) is 40.5 Å². The molecule has 0 aliphatic carbocycles. The highest BCUT2D eigenvalue weighted by Crippen LogP contribution is 2.26. The maximum absolute atomic E-state index is 11.5. The molecule has 0 radical (unpaired) electrons. The fourth-order valence-electron chi connectivity index (χ4n) is 2.53. The van der Waals surface area contributed by atoms with Crippen molar-refractivity contribution < 1.29 is 9.90 Å². The molecule has 0 saturated heterocycles. The van der Waals surface area contributed by atoms with Crippen LogP contribution in [-0.2, 0) is 4.79 Å². The van der Waals surface area contributed by atoms with Gasteiger partial charge >= 0.3 is 5.97 Å². The van der Waals surface area contributed by atoms with Crippen molar-refractivity contribution in [2.24, 2.45) is 5.92 Å². The average molecular weight is 262 g/mol. The van der Waals surface area contributed by atoms with Gasteiger partial charge in [-0.2, -0.15) is 0 Å². The van der Waals surface area contributed by atoms with Gasteiger partial charge in [-0.05, 0) is 5.92 Å². The third-order valence-electron chi connectivity index (χ3n) is 2.61. The Morgan fingerprint density at radius 3 is 1.38 bits per heavy atom. The van der Waals surface area contributed by atoms with E-state index in [2.05, 4.69) is 43.5 Å². The van der Waals surface area contributed by atoms with E-state index in [-0.39, 0.29) is 12.0 Å². The number of carbonyl (C=O) groups is 1. The Morgan fingerprint density at radius 2 is 1.31 bits per heavy atom. The Kier molecular flexibility index (Phi) is 4.97. The molecule has 0 aromatic carbocycles. The predicted molar refractivity (Wildman–Crippen MR) is 74.8 cm³/mol. The molecular weight excluding hydrogens is 234 g/mol. The maximum atomic E-state index is 11.5. The van der Waals surface area contributed by atoms with Gasteiger partial charge in [-0.3, -0.25) is 4.79 Å². The lowest BCUT2D eigenvalue weighted by Gasteiger charge is -2.48. The second-order valence-electron chi connectivity index (χ2n) is 6.74. The van der Waals surface area contributed by atoms with Crippen molar-refractivity contribution in [2.75, 3.05) is 0 Å². The third-order valence-corrected chi connectivity index (χ3v) is 10.1. The minimum atomic E-state index is -1.60. The van der Waals surface area contributed by atoms with Crippen molar-refractivity contribution >= 4 is 22.4 Å². The molecule has 0 rings (SSSR count). The van der Waals surface area contributed by atoms with Crippen LogP contribution in [0, 0.1) is 5.92 Å². The summed E-state index contributed by atoms with van der Waals surface area (Å²) in [5, 5.41) is 9.44. The molecule has 0 heterocycles. The Hall–Kier alpha value is -0.136. The molecule has 96 valence electrons. The second-order valence-corrected chi connectivity index (χ2v) is 16.8. The molecule has 0 bridgehead atoms. The highest BCUT2D eigenvalue weighted by atomic mass is 28.4. The van der Waals surface area contributed by atoms with Crippen molar-refractivity contribution in [3.63, 3.8) is 0 Å². The molecule has 0 unspecified atom stereocenters. The molecule has 3 nitrogen and oxygen atoms in total. The van der Waals surface area contributed by atoms with Gasteiger partial charge in [0.2, 0.25) is 0 Å². The second kappa shape index (κ2) is 5.02. The Bertz CT molecular complexity index is 240. The van der Waals surface area contributed by atoms with E-state index in [1.807, 2.05) is 13.8 Å². The van der Waals surface area contributed by atoms with Gasteiger partial charge in [-0.25, -0.2) is 0 Å². The van der Waals surface area contributed by atoms with Crippen LogP contribution < -0.4 is 0 Å². The lowest BCUT2D eigenvalue weighted by molar-refractivity contribution is -0.142. The summed E-state index contributed by atoms with van der Waals surface area (Å²) in [5.74, 6) is -0.504. The van der Waals surface area contributed by atoms with Crippen LogP contribution in [0.3, 0.4) is 0 Å². The number of nitrogens with zero attached hydrogens (tertiary/aromatic N) is 1. The van der Waals surface area contributed by atoms with E-state index < -0.39 is 22.4 Å². The smallest absolute Gasteiger partial charge is 0.319 e. The average Bonchev–Trinajstić information content (AvgIpc) is 1.93. The van der Waals surface area contributed by atoms with Crippen LogP contribution in [0.5, 0.6) is 0 Å². The molecule has 16 heavy (non-hydrogen) atoms. The standard InChI is InChI=1S/C11H27NO2Si2/c1-9(2)10(11(13)14)12(15(3,4)5)16(6,7)8/h9-10H,1-8H3,(H,13,14)/t10-/m0/s1. The Balaban J connectivity index is 5.41.